The molecule has 1 amide bonds. The van der Waals surface area contributed by atoms with Crippen LogP contribution in [0.15, 0.2) is 24.3 Å². The van der Waals surface area contributed by atoms with Crippen molar-refractivity contribution in [2.75, 3.05) is 6.54 Å². The highest BCUT2D eigenvalue weighted by atomic mass is 16.2. The minimum Gasteiger partial charge on any atom is -0.337 e. The summed E-state index contributed by atoms with van der Waals surface area (Å²) in [6.45, 7) is 7.06. The SMILES string of the molecule is CCN(Cc1ccc(C)cc1)C(=O)C(C)N. The molecule has 0 spiro atoms. The van der Waals surface area contributed by atoms with Crippen LogP contribution in [-0.4, -0.2) is 23.4 Å². The van der Waals surface area contributed by atoms with E-state index in [0.717, 1.165) is 5.56 Å². The van der Waals surface area contributed by atoms with Gasteiger partial charge in [0.25, 0.3) is 0 Å². The molecule has 2 N–H and O–H groups in total. The zero-order chi connectivity index (χ0) is 12.1. The molecule has 1 rings (SSSR count). The maximum absolute atomic E-state index is 11.7. The summed E-state index contributed by atoms with van der Waals surface area (Å²) in [7, 11) is 0. The first-order valence-corrected chi connectivity index (χ1v) is 5.64. The van der Waals surface area contributed by atoms with Gasteiger partial charge in [-0.3, -0.25) is 4.79 Å². The van der Waals surface area contributed by atoms with Gasteiger partial charge < -0.3 is 10.6 Å². The molecule has 1 aromatic rings. The number of hydrogen-bond donors (Lipinski definition) is 1. The lowest BCUT2D eigenvalue weighted by Crippen LogP contribution is -2.41. The summed E-state index contributed by atoms with van der Waals surface area (Å²) in [5.41, 5.74) is 7.97. The molecule has 0 radical (unpaired) electrons. The van der Waals surface area contributed by atoms with Gasteiger partial charge in [-0.25, -0.2) is 0 Å². The van der Waals surface area contributed by atoms with Crippen LogP contribution in [0.2, 0.25) is 0 Å². The summed E-state index contributed by atoms with van der Waals surface area (Å²) in [5, 5.41) is 0. The van der Waals surface area contributed by atoms with E-state index in [0.29, 0.717) is 13.1 Å². The van der Waals surface area contributed by atoms with Crippen molar-refractivity contribution in [1.82, 2.24) is 4.90 Å². The van der Waals surface area contributed by atoms with E-state index in [1.165, 1.54) is 5.56 Å². The summed E-state index contributed by atoms with van der Waals surface area (Å²) in [4.78, 5) is 13.5. The van der Waals surface area contributed by atoms with E-state index in [1.807, 2.05) is 19.1 Å². The van der Waals surface area contributed by atoms with Gasteiger partial charge in [0.2, 0.25) is 5.91 Å². The number of benzene rings is 1. The van der Waals surface area contributed by atoms with E-state index < -0.39 is 6.04 Å². The second-order valence-corrected chi connectivity index (χ2v) is 4.13. The van der Waals surface area contributed by atoms with Crippen LogP contribution in [0.25, 0.3) is 0 Å². The van der Waals surface area contributed by atoms with Crippen LogP contribution in [0.4, 0.5) is 0 Å². The molecule has 1 atom stereocenters. The lowest BCUT2D eigenvalue weighted by molar-refractivity contribution is -0.132. The fourth-order valence-corrected chi connectivity index (χ4v) is 1.55. The normalized spacial score (nSPS) is 12.2. The van der Waals surface area contributed by atoms with Gasteiger partial charge in [-0.15, -0.1) is 0 Å². The van der Waals surface area contributed by atoms with Crippen LogP contribution in [0.3, 0.4) is 0 Å². The smallest absolute Gasteiger partial charge is 0.239 e. The summed E-state index contributed by atoms with van der Waals surface area (Å²) in [6, 6.07) is 7.78. The molecule has 0 aliphatic heterocycles. The van der Waals surface area contributed by atoms with E-state index in [2.05, 4.69) is 19.1 Å². The van der Waals surface area contributed by atoms with Crippen molar-refractivity contribution in [3.8, 4) is 0 Å². The topological polar surface area (TPSA) is 46.3 Å². The third-order valence-corrected chi connectivity index (χ3v) is 2.58. The van der Waals surface area contributed by atoms with E-state index in [4.69, 9.17) is 5.73 Å². The van der Waals surface area contributed by atoms with Gasteiger partial charge in [-0.05, 0) is 26.3 Å². The molecule has 0 saturated heterocycles. The molecule has 0 heterocycles. The second-order valence-electron chi connectivity index (χ2n) is 4.13. The van der Waals surface area contributed by atoms with Crippen molar-refractivity contribution < 1.29 is 4.79 Å². The van der Waals surface area contributed by atoms with Crippen molar-refractivity contribution in [2.45, 2.75) is 33.4 Å². The minimum atomic E-state index is -0.426. The fourth-order valence-electron chi connectivity index (χ4n) is 1.55. The number of likely N-dealkylation sites (N-methyl/N-ethyl adjacent to an activating group) is 1. The predicted octanol–water partition coefficient (Wildman–Crippen LogP) is 1.69. The maximum atomic E-state index is 11.7. The molecule has 0 aliphatic carbocycles. The largest absolute Gasteiger partial charge is 0.337 e. The second kappa shape index (κ2) is 5.66. The molecule has 3 nitrogen and oxygen atoms in total. The van der Waals surface area contributed by atoms with Gasteiger partial charge in [-0.2, -0.15) is 0 Å². The highest BCUT2D eigenvalue weighted by Gasteiger charge is 2.15. The molecule has 0 saturated carbocycles. The molecule has 0 fully saturated rings. The van der Waals surface area contributed by atoms with Crippen LogP contribution >= 0.6 is 0 Å². The van der Waals surface area contributed by atoms with Crippen LogP contribution in [0.5, 0.6) is 0 Å². The van der Waals surface area contributed by atoms with Crippen molar-refractivity contribution in [3.63, 3.8) is 0 Å². The first-order chi connectivity index (χ1) is 7.54. The summed E-state index contributed by atoms with van der Waals surface area (Å²) in [6.07, 6.45) is 0. The fraction of sp³-hybridized carbons (Fsp3) is 0.462. The van der Waals surface area contributed by atoms with Crippen molar-refractivity contribution >= 4 is 5.91 Å². The van der Waals surface area contributed by atoms with E-state index in [9.17, 15) is 4.79 Å². The Kier molecular flexibility index (Phi) is 4.50. The van der Waals surface area contributed by atoms with E-state index >= 15 is 0 Å². The average Bonchev–Trinajstić information content (AvgIpc) is 2.27. The average molecular weight is 220 g/mol. The van der Waals surface area contributed by atoms with Crippen LogP contribution in [0.1, 0.15) is 25.0 Å². The van der Waals surface area contributed by atoms with Crippen molar-refractivity contribution in [1.29, 1.82) is 0 Å². The van der Waals surface area contributed by atoms with Crippen molar-refractivity contribution in [3.05, 3.63) is 35.4 Å². The molecule has 16 heavy (non-hydrogen) atoms. The number of hydrogen-bond acceptors (Lipinski definition) is 2. The zero-order valence-corrected chi connectivity index (χ0v) is 10.2. The Hall–Kier alpha value is -1.35. The summed E-state index contributed by atoms with van der Waals surface area (Å²) in [5.74, 6) is 0.00285. The third-order valence-electron chi connectivity index (χ3n) is 2.58. The van der Waals surface area contributed by atoms with Crippen LogP contribution in [-0.2, 0) is 11.3 Å². The summed E-state index contributed by atoms with van der Waals surface area (Å²) < 4.78 is 0. The molecule has 0 aromatic heterocycles. The van der Waals surface area contributed by atoms with Gasteiger partial charge in [0.1, 0.15) is 0 Å². The molecule has 1 aromatic carbocycles. The number of aryl methyl sites for hydroxylation is 1. The highest BCUT2D eigenvalue weighted by Crippen LogP contribution is 2.07. The Balaban J connectivity index is 2.70. The number of rotatable bonds is 4. The molecular formula is C13H20N2O. The number of nitrogens with zero attached hydrogens (tertiary/aromatic N) is 1. The molecule has 0 bridgehead atoms. The van der Waals surface area contributed by atoms with Gasteiger partial charge in [0.15, 0.2) is 0 Å². The van der Waals surface area contributed by atoms with Crippen molar-refractivity contribution in [2.24, 2.45) is 5.73 Å². The maximum Gasteiger partial charge on any atom is 0.239 e. The van der Waals surface area contributed by atoms with Gasteiger partial charge >= 0.3 is 0 Å². The lowest BCUT2D eigenvalue weighted by atomic mass is 10.1. The quantitative estimate of drug-likeness (QED) is 0.839. The Morgan fingerprint density at radius 1 is 1.38 bits per heavy atom. The standard InChI is InChI=1S/C13H20N2O/c1-4-15(13(16)11(3)14)9-12-7-5-10(2)6-8-12/h5-8,11H,4,9,14H2,1-3H3. The van der Waals surface area contributed by atoms with E-state index in [1.54, 1.807) is 11.8 Å². The predicted molar refractivity (Wildman–Crippen MR) is 65.9 cm³/mol. The van der Waals surface area contributed by atoms with Gasteiger partial charge in [-0.1, -0.05) is 29.8 Å². The van der Waals surface area contributed by atoms with Crippen LogP contribution < -0.4 is 5.73 Å². The number of amides is 1. The Morgan fingerprint density at radius 2 is 1.94 bits per heavy atom. The molecule has 1 unspecified atom stereocenters. The third kappa shape index (κ3) is 3.35. The number of carbonyl (C=O) groups is 1. The Morgan fingerprint density at radius 3 is 2.38 bits per heavy atom. The first-order valence-electron chi connectivity index (χ1n) is 5.64. The number of nitrogens with two attached hydrogens (primary N) is 1. The number of carbonyl (C=O) groups excluding carboxylic acids is 1. The molecular weight excluding hydrogens is 200 g/mol. The Labute approximate surface area is 97.2 Å². The first kappa shape index (κ1) is 12.7. The minimum absolute atomic E-state index is 0.00285. The monoisotopic (exact) mass is 220 g/mol. The van der Waals surface area contributed by atoms with E-state index in [-0.39, 0.29) is 5.91 Å². The highest BCUT2D eigenvalue weighted by molar-refractivity contribution is 5.81. The zero-order valence-electron chi connectivity index (χ0n) is 10.2. The molecule has 88 valence electrons. The van der Waals surface area contributed by atoms with Gasteiger partial charge in [0.05, 0.1) is 6.04 Å². The lowest BCUT2D eigenvalue weighted by Gasteiger charge is -2.22. The molecule has 0 aliphatic rings. The van der Waals surface area contributed by atoms with Gasteiger partial charge in [0, 0.05) is 13.1 Å². The summed E-state index contributed by atoms with van der Waals surface area (Å²) >= 11 is 0. The van der Waals surface area contributed by atoms with Crippen LogP contribution in [0, 0.1) is 6.92 Å². The Bertz CT molecular complexity index is 343. The molecule has 3 heteroatoms.